The van der Waals surface area contributed by atoms with Gasteiger partial charge in [0.05, 0.1) is 24.4 Å². The van der Waals surface area contributed by atoms with Crippen molar-refractivity contribution in [1.29, 1.82) is 0 Å². The Morgan fingerprint density at radius 3 is 2.92 bits per heavy atom. The summed E-state index contributed by atoms with van der Waals surface area (Å²) in [5.74, 6) is 1.75. The van der Waals surface area contributed by atoms with Gasteiger partial charge in [-0.15, -0.1) is 0 Å². The van der Waals surface area contributed by atoms with E-state index in [1.165, 1.54) is 0 Å². The third kappa shape index (κ3) is 3.48. The van der Waals surface area contributed by atoms with Crippen LogP contribution in [-0.4, -0.2) is 46.3 Å². The Balaban J connectivity index is 1.82. The van der Waals surface area contributed by atoms with Gasteiger partial charge in [0, 0.05) is 25.9 Å². The average molecular weight is 327 g/mol. The minimum Gasteiger partial charge on any atom is -0.394 e. The monoisotopic (exact) mass is 327 g/mol. The zero-order chi connectivity index (χ0) is 16.9. The molecular weight excluding hydrogens is 302 g/mol. The summed E-state index contributed by atoms with van der Waals surface area (Å²) in [5, 5.41) is 9.63. The van der Waals surface area contributed by atoms with E-state index in [0.29, 0.717) is 0 Å². The number of aliphatic hydroxyl groups excluding tert-OH is 1. The van der Waals surface area contributed by atoms with Crippen molar-refractivity contribution in [1.82, 2.24) is 15.0 Å². The Kier molecular flexibility index (Phi) is 5.25. The quantitative estimate of drug-likeness (QED) is 0.910. The standard InChI is InChI=1S/C18H25N5O/c1-14(16-8-3-5-9-19-16)22(2)17-11-18(21-13-20-17)23-10-6-4-7-15(23)12-24/h3,5,8-9,11,13-15,24H,4,6-7,10,12H2,1-2H3/t14-,15+/m0/s1. The highest BCUT2D eigenvalue weighted by Gasteiger charge is 2.24. The zero-order valence-electron chi connectivity index (χ0n) is 14.3. The highest BCUT2D eigenvalue weighted by Crippen LogP contribution is 2.27. The molecule has 1 N–H and O–H groups in total. The molecule has 3 heterocycles. The van der Waals surface area contributed by atoms with Crippen LogP contribution in [0.1, 0.15) is 37.9 Å². The maximum atomic E-state index is 9.63. The Hall–Kier alpha value is -2.21. The van der Waals surface area contributed by atoms with Crippen LogP contribution in [0.3, 0.4) is 0 Å². The number of anilines is 2. The first-order chi connectivity index (χ1) is 11.7. The molecule has 1 saturated heterocycles. The molecule has 3 rings (SSSR count). The van der Waals surface area contributed by atoms with Gasteiger partial charge in [0.2, 0.25) is 0 Å². The van der Waals surface area contributed by atoms with Gasteiger partial charge in [-0.1, -0.05) is 6.07 Å². The lowest BCUT2D eigenvalue weighted by Crippen LogP contribution is -2.42. The molecule has 0 amide bonds. The minimum absolute atomic E-state index is 0.115. The second-order valence-corrected chi connectivity index (χ2v) is 6.30. The van der Waals surface area contributed by atoms with E-state index >= 15 is 0 Å². The van der Waals surface area contributed by atoms with E-state index in [4.69, 9.17) is 0 Å². The molecule has 0 bridgehead atoms. The van der Waals surface area contributed by atoms with Crippen molar-refractivity contribution in [3.8, 4) is 0 Å². The molecule has 1 aliphatic rings. The van der Waals surface area contributed by atoms with Crippen molar-refractivity contribution >= 4 is 11.6 Å². The van der Waals surface area contributed by atoms with E-state index in [1.54, 1.807) is 6.33 Å². The summed E-state index contributed by atoms with van der Waals surface area (Å²) in [6, 6.07) is 8.22. The molecule has 0 radical (unpaired) electrons. The number of aliphatic hydroxyl groups is 1. The van der Waals surface area contributed by atoms with Crippen LogP contribution in [0.5, 0.6) is 0 Å². The van der Waals surface area contributed by atoms with Crippen LogP contribution in [-0.2, 0) is 0 Å². The van der Waals surface area contributed by atoms with E-state index < -0.39 is 0 Å². The predicted molar refractivity (Wildman–Crippen MR) is 95.2 cm³/mol. The summed E-state index contributed by atoms with van der Waals surface area (Å²) >= 11 is 0. The van der Waals surface area contributed by atoms with Crippen LogP contribution < -0.4 is 9.80 Å². The summed E-state index contributed by atoms with van der Waals surface area (Å²) in [7, 11) is 2.02. The lowest BCUT2D eigenvalue weighted by Gasteiger charge is -2.36. The minimum atomic E-state index is 0.115. The summed E-state index contributed by atoms with van der Waals surface area (Å²) in [4.78, 5) is 17.6. The van der Waals surface area contributed by atoms with E-state index in [2.05, 4.69) is 31.7 Å². The molecule has 0 saturated carbocycles. The van der Waals surface area contributed by atoms with Gasteiger partial charge in [0.15, 0.2) is 0 Å². The lowest BCUT2D eigenvalue weighted by molar-refractivity contribution is 0.239. The summed E-state index contributed by atoms with van der Waals surface area (Å²) in [6.45, 7) is 3.21. The van der Waals surface area contributed by atoms with Crippen molar-refractivity contribution in [2.24, 2.45) is 0 Å². The number of hydrogen-bond acceptors (Lipinski definition) is 6. The largest absolute Gasteiger partial charge is 0.394 e. The van der Waals surface area contributed by atoms with Crippen molar-refractivity contribution in [2.45, 2.75) is 38.3 Å². The van der Waals surface area contributed by atoms with Crippen LogP contribution in [0.15, 0.2) is 36.8 Å². The second-order valence-electron chi connectivity index (χ2n) is 6.30. The lowest BCUT2D eigenvalue weighted by atomic mass is 10.0. The molecular formula is C18H25N5O. The van der Waals surface area contributed by atoms with Crippen molar-refractivity contribution < 1.29 is 5.11 Å². The molecule has 6 nitrogen and oxygen atoms in total. The molecule has 6 heteroatoms. The smallest absolute Gasteiger partial charge is 0.134 e. The first kappa shape index (κ1) is 16.6. The fraction of sp³-hybridized carbons (Fsp3) is 0.500. The van der Waals surface area contributed by atoms with Crippen LogP contribution in [0.4, 0.5) is 11.6 Å². The third-order valence-electron chi connectivity index (χ3n) is 4.83. The van der Waals surface area contributed by atoms with E-state index in [1.807, 2.05) is 37.5 Å². The van der Waals surface area contributed by atoms with Gasteiger partial charge in [-0.05, 0) is 38.3 Å². The van der Waals surface area contributed by atoms with Gasteiger partial charge in [0.25, 0.3) is 0 Å². The third-order valence-corrected chi connectivity index (χ3v) is 4.83. The Bertz CT molecular complexity index is 651. The summed E-state index contributed by atoms with van der Waals surface area (Å²) < 4.78 is 0. The van der Waals surface area contributed by atoms with Gasteiger partial charge in [-0.25, -0.2) is 9.97 Å². The zero-order valence-corrected chi connectivity index (χ0v) is 14.3. The molecule has 0 aromatic carbocycles. The molecule has 1 fully saturated rings. The van der Waals surface area contributed by atoms with Gasteiger partial charge in [0.1, 0.15) is 18.0 Å². The number of pyridine rings is 1. The SMILES string of the molecule is C[C@@H](c1ccccn1)N(C)c1cc(N2CCCC[C@@H]2CO)ncn1. The summed E-state index contributed by atoms with van der Waals surface area (Å²) in [6.07, 6.45) is 6.72. The summed E-state index contributed by atoms with van der Waals surface area (Å²) in [5.41, 5.74) is 1.01. The highest BCUT2D eigenvalue weighted by atomic mass is 16.3. The first-order valence-corrected chi connectivity index (χ1v) is 8.54. The molecule has 0 spiro atoms. The van der Waals surface area contributed by atoms with Crippen LogP contribution >= 0.6 is 0 Å². The van der Waals surface area contributed by atoms with E-state index in [-0.39, 0.29) is 18.7 Å². The second kappa shape index (κ2) is 7.57. The van der Waals surface area contributed by atoms with Crippen molar-refractivity contribution in [3.05, 3.63) is 42.5 Å². The normalized spacial score (nSPS) is 19.1. The number of aromatic nitrogens is 3. The van der Waals surface area contributed by atoms with Gasteiger partial charge in [-0.2, -0.15) is 0 Å². The van der Waals surface area contributed by atoms with Crippen LogP contribution in [0, 0.1) is 0 Å². The van der Waals surface area contributed by atoms with Gasteiger partial charge in [-0.3, -0.25) is 4.98 Å². The molecule has 0 unspecified atom stereocenters. The predicted octanol–water partition coefficient (Wildman–Crippen LogP) is 2.42. The van der Waals surface area contributed by atoms with Crippen molar-refractivity contribution in [2.75, 3.05) is 30.0 Å². The van der Waals surface area contributed by atoms with Crippen molar-refractivity contribution in [3.63, 3.8) is 0 Å². The molecule has 128 valence electrons. The average Bonchev–Trinajstić information content (AvgIpc) is 2.67. The number of nitrogens with zero attached hydrogens (tertiary/aromatic N) is 5. The van der Waals surface area contributed by atoms with Crippen LogP contribution in [0.25, 0.3) is 0 Å². The maximum Gasteiger partial charge on any atom is 0.134 e. The molecule has 24 heavy (non-hydrogen) atoms. The van der Waals surface area contributed by atoms with Gasteiger partial charge < -0.3 is 14.9 Å². The molecule has 0 aliphatic carbocycles. The molecule has 1 aliphatic heterocycles. The Morgan fingerprint density at radius 2 is 2.17 bits per heavy atom. The van der Waals surface area contributed by atoms with E-state index in [9.17, 15) is 5.11 Å². The highest BCUT2D eigenvalue weighted by molar-refractivity contribution is 5.51. The fourth-order valence-corrected chi connectivity index (χ4v) is 3.20. The van der Waals surface area contributed by atoms with E-state index in [0.717, 1.165) is 43.1 Å². The molecule has 2 aromatic heterocycles. The maximum absolute atomic E-state index is 9.63. The first-order valence-electron chi connectivity index (χ1n) is 8.54. The number of piperidine rings is 1. The fourth-order valence-electron chi connectivity index (χ4n) is 3.20. The molecule has 2 aromatic rings. The topological polar surface area (TPSA) is 65.4 Å². The Morgan fingerprint density at radius 1 is 1.29 bits per heavy atom. The van der Waals surface area contributed by atoms with Gasteiger partial charge >= 0.3 is 0 Å². The Labute approximate surface area is 143 Å². The van der Waals surface area contributed by atoms with Crippen LogP contribution in [0.2, 0.25) is 0 Å². The number of hydrogen-bond donors (Lipinski definition) is 1. The number of rotatable bonds is 5. The molecule has 2 atom stereocenters.